The Morgan fingerprint density at radius 3 is 2.57 bits per heavy atom. The Kier molecular flexibility index (Phi) is 3.43. The largest absolute Gasteiger partial charge is 0.465 e. The second-order valence-electron chi connectivity index (χ2n) is 6.09. The first-order valence-electron chi connectivity index (χ1n) is 7.24. The zero-order valence-corrected chi connectivity index (χ0v) is 13.1. The van der Waals surface area contributed by atoms with E-state index in [2.05, 4.69) is 5.32 Å². The molecule has 0 unspecified atom stereocenters. The minimum Gasteiger partial charge on any atom is -0.465 e. The number of anilines is 2. The van der Waals surface area contributed by atoms with Gasteiger partial charge in [-0.15, -0.1) is 11.3 Å². The highest BCUT2D eigenvalue weighted by Crippen LogP contribution is 2.61. The summed E-state index contributed by atoms with van der Waals surface area (Å²) in [6.07, 6.45) is 5.13. The van der Waals surface area contributed by atoms with Gasteiger partial charge in [-0.1, -0.05) is 0 Å². The van der Waals surface area contributed by atoms with E-state index in [1.165, 1.54) is 51.1 Å². The zero-order chi connectivity index (χ0) is 15.2. The predicted molar refractivity (Wildman–Crippen MR) is 83.0 cm³/mol. The maximum Gasteiger partial charge on any atom is 0.343 e. The van der Waals surface area contributed by atoms with E-state index in [-0.39, 0.29) is 11.5 Å². The van der Waals surface area contributed by atoms with Crippen LogP contribution in [0.3, 0.4) is 0 Å². The van der Waals surface area contributed by atoms with Gasteiger partial charge in [0.25, 0.3) is 0 Å². The van der Waals surface area contributed by atoms with E-state index in [0.29, 0.717) is 20.9 Å². The molecule has 0 atom stereocenters. The molecule has 0 aliphatic heterocycles. The average Bonchev–Trinajstić information content (AvgIpc) is 3.33. The van der Waals surface area contributed by atoms with Crippen molar-refractivity contribution in [3.05, 3.63) is 10.4 Å². The first-order valence-corrected chi connectivity index (χ1v) is 8.05. The molecule has 2 fully saturated rings. The Bertz CT molecular complexity index is 600. The van der Waals surface area contributed by atoms with Gasteiger partial charge in [0.05, 0.1) is 17.7 Å². The number of carbonyl (C=O) groups excluding carboxylic acids is 2. The quantitative estimate of drug-likeness (QED) is 0.624. The maximum atomic E-state index is 11.9. The van der Waals surface area contributed by atoms with Crippen molar-refractivity contribution >= 4 is 33.8 Å². The van der Waals surface area contributed by atoms with E-state index in [1.54, 1.807) is 0 Å². The molecular weight excluding hydrogens is 288 g/mol. The average molecular weight is 308 g/mol. The van der Waals surface area contributed by atoms with Crippen LogP contribution in [0.15, 0.2) is 0 Å². The molecule has 2 aliphatic rings. The van der Waals surface area contributed by atoms with Crippen molar-refractivity contribution in [1.29, 1.82) is 0 Å². The molecule has 114 valence electrons. The monoisotopic (exact) mass is 308 g/mol. The number of hydrogen-bond donors (Lipinski definition) is 2. The third kappa shape index (κ3) is 2.52. The lowest BCUT2D eigenvalue weighted by atomic mass is 10.0. The molecule has 0 radical (unpaired) electrons. The third-order valence-electron chi connectivity index (χ3n) is 4.59. The number of ether oxygens (including phenoxy) is 1. The lowest BCUT2D eigenvalue weighted by molar-refractivity contribution is 0.0603. The Morgan fingerprint density at radius 2 is 2.10 bits per heavy atom. The fourth-order valence-electron chi connectivity index (χ4n) is 2.98. The van der Waals surface area contributed by atoms with Crippen LogP contribution in [0.2, 0.25) is 0 Å². The van der Waals surface area contributed by atoms with E-state index in [4.69, 9.17) is 10.5 Å². The molecule has 1 heterocycles. The number of esters is 1. The molecule has 21 heavy (non-hydrogen) atoms. The zero-order valence-electron chi connectivity index (χ0n) is 12.3. The van der Waals surface area contributed by atoms with Crippen molar-refractivity contribution in [2.75, 3.05) is 24.7 Å². The molecule has 3 rings (SSSR count). The summed E-state index contributed by atoms with van der Waals surface area (Å²) in [5, 5.41) is 4.02. The van der Waals surface area contributed by atoms with Crippen LogP contribution in [-0.2, 0) is 4.74 Å². The highest BCUT2D eigenvalue weighted by molar-refractivity contribution is 7.19. The number of rotatable bonds is 6. The number of nitrogens with two attached hydrogens (primary N) is 1. The molecule has 0 aromatic carbocycles. The lowest BCUT2D eigenvalue weighted by Gasteiger charge is -2.15. The smallest absolute Gasteiger partial charge is 0.343 e. The van der Waals surface area contributed by atoms with E-state index in [0.717, 1.165) is 12.5 Å². The van der Waals surface area contributed by atoms with Gasteiger partial charge in [-0.3, -0.25) is 4.79 Å². The number of hydrogen-bond acceptors (Lipinski definition) is 6. The summed E-state index contributed by atoms with van der Waals surface area (Å²) >= 11 is 1.25. The minimum absolute atomic E-state index is 0.126. The SMILES string of the molecule is COC(=O)c1c(NCC2(C3CC3)CC2)sc(C(C)=O)c1N. The van der Waals surface area contributed by atoms with Gasteiger partial charge in [-0.2, -0.15) is 0 Å². The molecule has 1 aromatic rings. The van der Waals surface area contributed by atoms with Crippen LogP contribution in [0.4, 0.5) is 10.7 Å². The second-order valence-corrected chi connectivity index (χ2v) is 7.11. The first-order chi connectivity index (χ1) is 9.98. The molecule has 2 saturated carbocycles. The van der Waals surface area contributed by atoms with Crippen molar-refractivity contribution in [1.82, 2.24) is 0 Å². The first kappa shape index (κ1) is 14.4. The molecule has 6 heteroatoms. The number of methoxy groups -OCH3 is 1. The van der Waals surface area contributed by atoms with Crippen LogP contribution < -0.4 is 11.1 Å². The van der Waals surface area contributed by atoms with Crippen LogP contribution >= 0.6 is 11.3 Å². The lowest BCUT2D eigenvalue weighted by Crippen LogP contribution is -2.18. The van der Waals surface area contributed by atoms with Crippen LogP contribution in [0, 0.1) is 11.3 Å². The summed E-state index contributed by atoms with van der Waals surface area (Å²) in [4.78, 5) is 24.0. The molecule has 3 N–H and O–H groups in total. The Balaban J connectivity index is 1.84. The number of ketones is 1. The predicted octanol–water partition coefficient (Wildman–Crippen LogP) is 2.92. The van der Waals surface area contributed by atoms with Gasteiger partial charge in [-0.25, -0.2) is 4.79 Å². The fraction of sp³-hybridized carbons (Fsp3) is 0.600. The molecule has 0 saturated heterocycles. The fourth-order valence-corrected chi connectivity index (χ4v) is 3.98. The summed E-state index contributed by atoms with van der Waals surface area (Å²) in [5.41, 5.74) is 6.90. The molecule has 0 bridgehead atoms. The van der Waals surface area contributed by atoms with Crippen LogP contribution in [0.25, 0.3) is 0 Å². The van der Waals surface area contributed by atoms with E-state index in [1.807, 2.05) is 0 Å². The van der Waals surface area contributed by atoms with E-state index >= 15 is 0 Å². The van der Waals surface area contributed by atoms with Crippen molar-refractivity contribution in [3.8, 4) is 0 Å². The van der Waals surface area contributed by atoms with Crippen molar-refractivity contribution in [2.24, 2.45) is 11.3 Å². The van der Waals surface area contributed by atoms with Crippen molar-refractivity contribution in [3.63, 3.8) is 0 Å². The highest BCUT2D eigenvalue weighted by Gasteiger charge is 2.53. The molecule has 5 nitrogen and oxygen atoms in total. The molecule has 2 aliphatic carbocycles. The van der Waals surface area contributed by atoms with Gasteiger partial charge >= 0.3 is 5.97 Å². The maximum absolute atomic E-state index is 11.9. The Labute approximate surface area is 127 Å². The number of nitrogen functional groups attached to an aromatic ring is 1. The summed E-state index contributed by atoms with van der Waals surface area (Å²) in [6, 6.07) is 0. The minimum atomic E-state index is -0.491. The second kappa shape index (κ2) is 5.02. The van der Waals surface area contributed by atoms with Crippen molar-refractivity contribution in [2.45, 2.75) is 32.6 Å². The van der Waals surface area contributed by atoms with Gasteiger partial charge in [-0.05, 0) is 37.0 Å². The number of nitrogens with one attached hydrogen (secondary N) is 1. The molecule has 1 aromatic heterocycles. The van der Waals surface area contributed by atoms with Crippen LogP contribution in [0.1, 0.15) is 52.6 Å². The van der Waals surface area contributed by atoms with Crippen molar-refractivity contribution < 1.29 is 14.3 Å². The Morgan fingerprint density at radius 1 is 1.43 bits per heavy atom. The van der Waals surface area contributed by atoms with Crippen LogP contribution in [0.5, 0.6) is 0 Å². The molecule has 0 spiro atoms. The normalized spacial score (nSPS) is 19.1. The van der Waals surface area contributed by atoms with Gasteiger partial charge in [0.2, 0.25) is 0 Å². The van der Waals surface area contributed by atoms with Gasteiger partial charge in [0.15, 0.2) is 5.78 Å². The summed E-state index contributed by atoms with van der Waals surface area (Å²) in [6.45, 7) is 2.30. The number of carbonyl (C=O) groups is 2. The molecule has 0 amide bonds. The number of thiophene rings is 1. The van der Waals surface area contributed by atoms with Crippen LogP contribution in [-0.4, -0.2) is 25.4 Å². The van der Waals surface area contributed by atoms with Gasteiger partial charge in [0.1, 0.15) is 10.6 Å². The summed E-state index contributed by atoms with van der Waals surface area (Å²) in [7, 11) is 1.32. The topological polar surface area (TPSA) is 81.4 Å². The highest BCUT2D eigenvalue weighted by atomic mass is 32.1. The van der Waals surface area contributed by atoms with Gasteiger partial charge in [0, 0.05) is 13.5 Å². The molecular formula is C15H20N2O3S. The number of Topliss-reactive ketones (excluding diaryl/α,β-unsaturated/α-hetero) is 1. The summed E-state index contributed by atoms with van der Waals surface area (Å²) in [5.74, 6) is 0.213. The Hall–Kier alpha value is -1.56. The third-order valence-corrected chi connectivity index (χ3v) is 5.86. The van der Waals surface area contributed by atoms with E-state index in [9.17, 15) is 9.59 Å². The summed E-state index contributed by atoms with van der Waals surface area (Å²) < 4.78 is 4.79. The van der Waals surface area contributed by atoms with Gasteiger partial charge < -0.3 is 15.8 Å². The van der Waals surface area contributed by atoms with E-state index < -0.39 is 5.97 Å². The standard InChI is InChI=1S/C15H20N2O3S/c1-8(18)12-11(16)10(14(19)20-2)13(21-12)17-7-15(5-6-15)9-3-4-9/h9,17H,3-7,16H2,1-2H3.